The first-order chi connectivity index (χ1) is 14.0. The first-order valence-corrected chi connectivity index (χ1v) is 10.1. The topological polar surface area (TPSA) is 103 Å². The molecule has 0 spiro atoms. The molecule has 4 heterocycles. The molecule has 1 aliphatic heterocycles. The van der Waals surface area contributed by atoms with E-state index in [0.29, 0.717) is 15.9 Å². The molecule has 0 unspecified atom stereocenters. The molecule has 1 fully saturated rings. The van der Waals surface area contributed by atoms with E-state index in [4.69, 9.17) is 0 Å². The number of H-pyrrole nitrogens is 1. The standard InChI is InChI=1S/C19H22N6O3S/c1-20-17(26)14-4-3-12(10-21-14)25-7-5-24(6-8-25)11-13-9-15-16(29-13)18(27)23(2)19(28)22-15/h3-4,9-10H,5-8,11H2,1-2H3,(H,20,26)(H,22,28). The van der Waals surface area contributed by atoms with E-state index in [-0.39, 0.29) is 11.5 Å². The lowest BCUT2D eigenvalue weighted by atomic mass is 10.2. The van der Waals surface area contributed by atoms with Crippen molar-refractivity contribution in [3.63, 3.8) is 0 Å². The number of piperazine rings is 1. The zero-order valence-corrected chi connectivity index (χ0v) is 17.1. The number of fused-ring (bicyclic) bond motifs is 1. The fraction of sp³-hybridized carbons (Fsp3) is 0.368. The van der Waals surface area contributed by atoms with Crippen LogP contribution in [0, 0.1) is 0 Å². The molecule has 1 aliphatic rings. The summed E-state index contributed by atoms with van der Waals surface area (Å²) < 4.78 is 1.69. The Bertz CT molecular complexity index is 1160. The second-order valence-corrected chi connectivity index (χ2v) is 8.13. The van der Waals surface area contributed by atoms with Gasteiger partial charge in [-0.05, 0) is 18.2 Å². The summed E-state index contributed by atoms with van der Waals surface area (Å²) in [6.45, 7) is 4.20. The summed E-state index contributed by atoms with van der Waals surface area (Å²) in [6, 6.07) is 5.56. The molecule has 0 aliphatic carbocycles. The SMILES string of the molecule is CNC(=O)c1ccc(N2CCN(Cc3cc4[nH]c(=O)n(C)c(=O)c4s3)CC2)cn1. The third kappa shape index (κ3) is 3.81. The highest BCUT2D eigenvalue weighted by Gasteiger charge is 2.19. The lowest BCUT2D eigenvalue weighted by Crippen LogP contribution is -2.45. The zero-order chi connectivity index (χ0) is 20.5. The molecule has 0 atom stereocenters. The minimum absolute atomic E-state index is 0.194. The Labute approximate surface area is 170 Å². The van der Waals surface area contributed by atoms with E-state index in [2.05, 4.69) is 25.1 Å². The average Bonchev–Trinajstić information content (AvgIpc) is 3.14. The first kappa shape index (κ1) is 19.3. The van der Waals surface area contributed by atoms with E-state index in [1.807, 2.05) is 12.1 Å². The van der Waals surface area contributed by atoms with Crippen LogP contribution in [0.1, 0.15) is 15.4 Å². The van der Waals surface area contributed by atoms with Crippen LogP contribution in [0.25, 0.3) is 10.2 Å². The molecule has 3 aromatic rings. The highest BCUT2D eigenvalue weighted by atomic mass is 32.1. The van der Waals surface area contributed by atoms with Crippen LogP contribution >= 0.6 is 11.3 Å². The number of carbonyl (C=O) groups excluding carboxylic acids is 1. The van der Waals surface area contributed by atoms with Gasteiger partial charge >= 0.3 is 5.69 Å². The lowest BCUT2D eigenvalue weighted by molar-refractivity contribution is 0.0958. The second kappa shape index (κ2) is 7.80. The molecule has 0 bridgehead atoms. The highest BCUT2D eigenvalue weighted by Crippen LogP contribution is 2.23. The van der Waals surface area contributed by atoms with Crippen LogP contribution in [0.4, 0.5) is 5.69 Å². The maximum absolute atomic E-state index is 12.2. The van der Waals surface area contributed by atoms with Crippen LogP contribution in [0.5, 0.6) is 0 Å². The zero-order valence-electron chi connectivity index (χ0n) is 16.3. The van der Waals surface area contributed by atoms with Gasteiger partial charge in [0.05, 0.1) is 17.4 Å². The van der Waals surface area contributed by atoms with E-state index < -0.39 is 5.69 Å². The molecule has 4 rings (SSSR count). The number of pyridine rings is 1. The molecular formula is C19H22N6O3S. The average molecular weight is 414 g/mol. The van der Waals surface area contributed by atoms with E-state index in [1.165, 1.54) is 18.4 Å². The lowest BCUT2D eigenvalue weighted by Gasteiger charge is -2.35. The van der Waals surface area contributed by atoms with Crippen LogP contribution in [-0.4, -0.2) is 58.6 Å². The summed E-state index contributed by atoms with van der Waals surface area (Å²) in [5.41, 5.74) is 1.37. The van der Waals surface area contributed by atoms with Gasteiger partial charge in [0.2, 0.25) is 0 Å². The molecule has 2 N–H and O–H groups in total. The Morgan fingerprint density at radius 3 is 2.66 bits per heavy atom. The highest BCUT2D eigenvalue weighted by molar-refractivity contribution is 7.18. The number of nitrogens with one attached hydrogen (secondary N) is 2. The van der Waals surface area contributed by atoms with Gasteiger partial charge in [0.1, 0.15) is 10.4 Å². The number of rotatable bonds is 4. The number of hydrogen-bond acceptors (Lipinski definition) is 7. The predicted molar refractivity (Wildman–Crippen MR) is 113 cm³/mol. The fourth-order valence-electron chi connectivity index (χ4n) is 3.44. The Morgan fingerprint density at radius 2 is 2.00 bits per heavy atom. The van der Waals surface area contributed by atoms with Crippen molar-refractivity contribution >= 4 is 33.1 Å². The van der Waals surface area contributed by atoms with Gasteiger partial charge in [-0.1, -0.05) is 0 Å². The fourth-order valence-corrected chi connectivity index (χ4v) is 4.57. The third-order valence-electron chi connectivity index (χ3n) is 5.15. The molecule has 0 aromatic carbocycles. The number of aromatic nitrogens is 3. The van der Waals surface area contributed by atoms with Crippen molar-refractivity contribution in [3.8, 4) is 0 Å². The number of amides is 1. The number of aromatic amines is 1. The van der Waals surface area contributed by atoms with Crippen molar-refractivity contribution < 1.29 is 4.79 Å². The summed E-state index contributed by atoms with van der Waals surface area (Å²) in [6.07, 6.45) is 1.73. The predicted octanol–water partition coefficient (Wildman–Crippen LogP) is 0.365. The first-order valence-electron chi connectivity index (χ1n) is 9.33. The Morgan fingerprint density at radius 1 is 1.24 bits per heavy atom. The molecule has 3 aromatic heterocycles. The molecule has 0 saturated carbocycles. The number of anilines is 1. The van der Waals surface area contributed by atoms with Crippen molar-refractivity contribution in [1.29, 1.82) is 0 Å². The van der Waals surface area contributed by atoms with Gasteiger partial charge in [-0.2, -0.15) is 0 Å². The molecule has 1 saturated heterocycles. The summed E-state index contributed by atoms with van der Waals surface area (Å²) in [5.74, 6) is -0.194. The van der Waals surface area contributed by atoms with Crippen LogP contribution in [0.15, 0.2) is 34.0 Å². The van der Waals surface area contributed by atoms with Crippen molar-refractivity contribution in [2.45, 2.75) is 6.54 Å². The number of nitrogens with zero attached hydrogens (tertiary/aromatic N) is 4. The van der Waals surface area contributed by atoms with Crippen LogP contribution < -0.4 is 21.5 Å². The van der Waals surface area contributed by atoms with Crippen LogP contribution in [0.2, 0.25) is 0 Å². The van der Waals surface area contributed by atoms with Gasteiger partial charge in [0.15, 0.2) is 0 Å². The number of hydrogen-bond donors (Lipinski definition) is 2. The van der Waals surface area contributed by atoms with Gasteiger partial charge in [0.25, 0.3) is 11.5 Å². The van der Waals surface area contributed by atoms with E-state index in [1.54, 1.807) is 19.3 Å². The minimum Gasteiger partial charge on any atom is -0.368 e. The van der Waals surface area contributed by atoms with Gasteiger partial charge < -0.3 is 15.2 Å². The van der Waals surface area contributed by atoms with E-state index in [0.717, 1.165) is 47.9 Å². The maximum Gasteiger partial charge on any atom is 0.328 e. The smallest absolute Gasteiger partial charge is 0.328 e. The molecule has 0 radical (unpaired) electrons. The molecule has 152 valence electrons. The summed E-state index contributed by atoms with van der Waals surface area (Å²) in [4.78, 5) is 48.2. The second-order valence-electron chi connectivity index (χ2n) is 6.99. The van der Waals surface area contributed by atoms with Gasteiger partial charge in [-0.25, -0.2) is 9.78 Å². The quantitative estimate of drug-likeness (QED) is 0.639. The molecule has 9 nitrogen and oxygen atoms in total. The molecule has 29 heavy (non-hydrogen) atoms. The van der Waals surface area contributed by atoms with Gasteiger partial charge in [0, 0.05) is 51.7 Å². The Hall–Kier alpha value is -2.98. The summed E-state index contributed by atoms with van der Waals surface area (Å²) in [5, 5.41) is 2.57. The summed E-state index contributed by atoms with van der Waals surface area (Å²) >= 11 is 1.44. The largest absolute Gasteiger partial charge is 0.368 e. The third-order valence-corrected chi connectivity index (χ3v) is 6.26. The molecular weight excluding hydrogens is 392 g/mol. The number of carbonyl (C=O) groups is 1. The van der Waals surface area contributed by atoms with Crippen LogP contribution in [0.3, 0.4) is 0 Å². The summed E-state index contributed by atoms with van der Waals surface area (Å²) in [7, 11) is 3.07. The monoisotopic (exact) mass is 414 g/mol. The maximum atomic E-state index is 12.2. The van der Waals surface area contributed by atoms with Crippen molar-refractivity contribution in [3.05, 3.63) is 55.8 Å². The normalized spacial score (nSPS) is 15.0. The van der Waals surface area contributed by atoms with Crippen molar-refractivity contribution in [2.24, 2.45) is 7.05 Å². The number of thiophene rings is 1. The Kier molecular flexibility index (Phi) is 5.20. The van der Waals surface area contributed by atoms with Gasteiger partial charge in [-0.15, -0.1) is 11.3 Å². The van der Waals surface area contributed by atoms with Crippen LogP contribution in [-0.2, 0) is 13.6 Å². The molecule has 10 heteroatoms. The molecule has 1 amide bonds. The Balaban J connectivity index is 1.41. The minimum atomic E-state index is -0.392. The van der Waals surface area contributed by atoms with E-state index in [9.17, 15) is 14.4 Å². The van der Waals surface area contributed by atoms with E-state index >= 15 is 0 Å². The van der Waals surface area contributed by atoms with Crippen molar-refractivity contribution in [1.82, 2.24) is 24.8 Å². The van der Waals surface area contributed by atoms with Gasteiger partial charge in [-0.3, -0.25) is 19.1 Å². The van der Waals surface area contributed by atoms with Crippen molar-refractivity contribution in [2.75, 3.05) is 38.1 Å².